The molecule has 1 aliphatic rings. The van der Waals surface area contributed by atoms with E-state index in [4.69, 9.17) is 11.5 Å². The summed E-state index contributed by atoms with van der Waals surface area (Å²) >= 11 is 0. The zero-order valence-corrected chi connectivity index (χ0v) is 15.6. The molecule has 3 atom stereocenters. The maximum absolute atomic E-state index is 12.0. The Balaban J connectivity index is 2.50. The van der Waals surface area contributed by atoms with E-state index in [-0.39, 0.29) is 24.0 Å². The first-order valence-electron chi connectivity index (χ1n) is 9.37. The van der Waals surface area contributed by atoms with E-state index in [0.29, 0.717) is 32.1 Å². The molecule has 0 aliphatic heterocycles. The molecule has 1 aliphatic carbocycles. The van der Waals surface area contributed by atoms with E-state index in [1.165, 1.54) is 0 Å². The molecule has 4 nitrogen and oxygen atoms in total. The molecule has 4 heteroatoms. The molecule has 0 bridgehead atoms. The summed E-state index contributed by atoms with van der Waals surface area (Å²) in [5, 5.41) is 19.0. The van der Waals surface area contributed by atoms with Crippen molar-refractivity contribution >= 4 is 11.8 Å². The molecular formula is C22H30O4. The van der Waals surface area contributed by atoms with Gasteiger partial charge >= 0.3 is 5.97 Å². The van der Waals surface area contributed by atoms with Gasteiger partial charge in [-0.15, -0.1) is 6.42 Å². The van der Waals surface area contributed by atoms with Gasteiger partial charge in [0.05, 0.1) is 0 Å². The van der Waals surface area contributed by atoms with E-state index in [0.717, 1.165) is 12.8 Å². The zero-order chi connectivity index (χ0) is 19.4. The zero-order valence-electron chi connectivity index (χ0n) is 15.6. The molecule has 0 amide bonds. The van der Waals surface area contributed by atoms with Gasteiger partial charge < -0.3 is 10.2 Å². The molecule has 0 saturated carbocycles. The van der Waals surface area contributed by atoms with Gasteiger partial charge in [-0.25, -0.2) is 0 Å². The molecule has 2 N–H and O–H groups in total. The van der Waals surface area contributed by atoms with Crippen molar-refractivity contribution in [3.05, 3.63) is 36.5 Å². The number of aliphatic hydroxyl groups is 1. The number of carbonyl (C=O) groups is 2. The van der Waals surface area contributed by atoms with Crippen molar-refractivity contribution in [2.75, 3.05) is 0 Å². The summed E-state index contributed by atoms with van der Waals surface area (Å²) < 4.78 is 0. The first-order valence-corrected chi connectivity index (χ1v) is 9.37. The standard InChI is InChI=1S/C22H30O4/c1-3-5-16-22(26,4-2)17-10-11-18-14-15-20(23)19(18)12-8-6-7-9-13-21(24)25/h2,6,8,10-11,14-15,18-19,26H,3,5,7,9,12-13,16-17H2,1H3,(H,24,25)/t18-,19+,22?/m0/s1. The molecule has 0 spiro atoms. The molecule has 0 fully saturated rings. The third-order valence-corrected chi connectivity index (χ3v) is 4.66. The molecule has 0 heterocycles. The first-order chi connectivity index (χ1) is 12.4. The second-order valence-electron chi connectivity index (χ2n) is 6.85. The highest BCUT2D eigenvalue weighted by Gasteiger charge is 2.27. The second-order valence-corrected chi connectivity index (χ2v) is 6.85. The van der Waals surface area contributed by atoms with Crippen molar-refractivity contribution in [2.24, 2.45) is 11.8 Å². The summed E-state index contributed by atoms with van der Waals surface area (Å²) in [4.78, 5) is 22.5. The smallest absolute Gasteiger partial charge is 0.303 e. The van der Waals surface area contributed by atoms with Crippen LogP contribution in [0.2, 0.25) is 0 Å². The van der Waals surface area contributed by atoms with Crippen LogP contribution in [-0.4, -0.2) is 27.6 Å². The van der Waals surface area contributed by atoms with Crippen LogP contribution >= 0.6 is 0 Å². The molecule has 26 heavy (non-hydrogen) atoms. The van der Waals surface area contributed by atoms with Gasteiger partial charge in [0.2, 0.25) is 0 Å². The van der Waals surface area contributed by atoms with E-state index < -0.39 is 11.6 Å². The molecule has 1 unspecified atom stereocenters. The van der Waals surface area contributed by atoms with Crippen LogP contribution in [0.5, 0.6) is 0 Å². The Morgan fingerprint density at radius 3 is 2.77 bits per heavy atom. The molecule has 0 aromatic carbocycles. The summed E-state index contributed by atoms with van der Waals surface area (Å²) in [7, 11) is 0. The lowest BCUT2D eigenvalue weighted by atomic mass is 9.89. The average Bonchev–Trinajstić information content (AvgIpc) is 2.96. The minimum absolute atomic E-state index is 0.0133. The van der Waals surface area contributed by atoms with Crippen LogP contribution in [0.15, 0.2) is 36.5 Å². The van der Waals surface area contributed by atoms with E-state index in [9.17, 15) is 14.7 Å². The Bertz CT molecular complexity index is 594. The molecule has 0 radical (unpaired) electrons. The Morgan fingerprint density at radius 1 is 1.35 bits per heavy atom. The highest BCUT2D eigenvalue weighted by atomic mass is 16.4. The van der Waals surface area contributed by atoms with Gasteiger partial charge in [-0.3, -0.25) is 9.59 Å². The summed E-state index contributed by atoms with van der Waals surface area (Å²) in [5.41, 5.74) is -1.11. The fraction of sp³-hybridized carbons (Fsp3) is 0.545. The number of rotatable bonds is 12. The van der Waals surface area contributed by atoms with E-state index in [1.807, 2.05) is 30.4 Å². The Kier molecular flexibility index (Phi) is 9.69. The van der Waals surface area contributed by atoms with E-state index >= 15 is 0 Å². The van der Waals surface area contributed by atoms with Crippen LogP contribution in [-0.2, 0) is 9.59 Å². The number of aliphatic carboxylic acids is 1. The van der Waals surface area contributed by atoms with E-state index in [2.05, 4.69) is 12.8 Å². The number of allylic oxidation sites excluding steroid dienone is 5. The van der Waals surface area contributed by atoms with Gasteiger partial charge in [0, 0.05) is 24.7 Å². The monoisotopic (exact) mass is 358 g/mol. The number of hydrogen-bond acceptors (Lipinski definition) is 3. The lowest BCUT2D eigenvalue weighted by molar-refractivity contribution is -0.137. The fourth-order valence-corrected chi connectivity index (χ4v) is 2.98. The van der Waals surface area contributed by atoms with Crippen molar-refractivity contribution in [1.29, 1.82) is 0 Å². The molecule has 1 rings (SSSR count). The molecule has 0 saturated heterocycles. The Morgan fingerprint density at radius 2 is 2.12 bits per heavy atom. The molecule has 0 aromatic rings. The maximum Gasteiger partial charge on any atom is 0.303 e. The predicted molar refractivity (Wildman–Crippen MR) is 103 cm³/mol. The van der Waals surface area contributed by atoms with Crippen LogP contribution in [0, 0.1) is 24.2 Å². The van der Waals surface area contributed by atoms with Crippen molar-refractivity contribution in [2.45, 2.75) is 63.9 Å². The van der Waals surface area contributed by atoms with Crippen LogP contribution in [0.3, 0.4) is 0 Å². The summed E-state index contributed by atoms with van der Waals surface area (Å²) in [6, 6.07) is 0. The average molecular weight is 358 g/mol. The predicted octanol–water partition coefficient (Wildman–Crippen LogP) is 4.06. The van der Waals surface area contributed by atoms with Crippen molar-refractivity contribution in [3.63, 3.8) is 0 Å². The SMILES string of the molecule is C#CC(O)(CC=C[C@H]1C=CC(=O)[C@@H]1CC=CCCCC(=O)O)CCCC. The van der Waals surface area contributed by atoms with Gasteiger partial charge in [-0.05, 0) is 38.2 Å². The Hall–Kier alpha value is -2.12. The number of carboxylic acids is 1. The normalized spacial score (nSPS) is 22.1. The van der Waals surface area contributed by atoms with Crippen LogP contribution < -0.4 is 0 Å². The van der Waals surface area contributed by atoms with Crippen LogP contribution in [0.4, 0.5) is 0 Å². The minimum Gasteiger partial charge on any atom is -0.481 e. The first kappa shape index (κ1) is 21.9. The van der Waals surface area contributed by atoms with Gasteiger partial charge in [0.25, 0.3) is 0 Å². The number of terminal acetylenes is 1. The number of carbonyl (C=O) groups excluding carboxylic acids is 1. The molecule has 0 aromatic heterocycles. The van der Waals surface area contributed by atoms with Crippen molar-refractivity contribution in [1.82, 2.24) is 0 Å². The van der Waals surface area contributed by atoms with Crippen molar-refractivity contribution in [3.8, 4) is 12.3 Å². The summed E-state index contributed by atoms with van der Waals surface area (Å²) in [6.07, 6.45) is 21.6. The van der Waals surface area contributed by atoms with Gasteiger partial charge in [0.1, 0.15) is 5.60 Å². The second kappa shape index (κ2) is 11.5. The lowest BCUT2D eigenvalue weighted by Crippen LogP contribution is -2.25. The van der Waals surface area contributed by atoms with Gasteiger partial charge in [0.15, 0.2) is 5.78 Å². The lowest BCUT2D eigenvalue weighted by Gasteiger charge is -2.20. The number of ketones is 1. The third kappa shape index (κ3) is 7.84. The topological polar surface area (TPSA) is 74.6 Å². The van der Waals surface area contributed by atoms with Gasteiger partial charge in [-0.2, -0.15) is 0 Å². The fourth-order valence-electron chi connectivity index (χ4n) is 2.98. The number of carboxylic acid groups (broad SMARTS) is 1. The molecule has 142 valence electrons. The van der Waals surface area contributed by atoms with E-state index in [1.54, 1.807) is 6.08 Å². The summed E-state index contributed by atoms with van der Waals surface area (Å²) in [6.45, 7) is 2.06. The maximum atomic E-state index is 12.0. The highest BCUT2D eigenvalue weighted by Crippen LogP contribution is 2.28. The van der Waals surface area contributed by atoms with Crippen molar-refractivity contribution < 1.29 is 19.8 Å². The third-order valence-electron chi connectivity index (χ3n) is 4.66. The number of hydrogen-bond donors (Lipinski definition) is 2. The van der Waals surface area contributed by atoms with Gasteiger partial charge in [-0.1, -0.05) is 49.6 Å². The Labute approximate surface area is 156 Å². The summed E-state index contributed by atoms with van der Waals surface area (Å²) in [5.74, 6) is 1.69. The quantitative estimate of drug-likeness (QED) is 0.313. The van der Waals surface area contributed by atoms with Crippen LogP contribution in [0.25, 0.3) is 0 Å². The molecular weight excluding hydrogens is 328 g/mol. The van der Waals surface area contributed by atoms with Crippen LogP contribution in [0.1, 0.15) is 58.3 Å². The highest BCUT2D eigenvalue weighted by molar-refractivity contribution is 5.95. The minimum atomic E-state index is -1.11. The number of unbranched alkanes of at least 4 members (excludes halogenated alkanes) is 2. The largest absolute Gasteiger partial charge is 0.481 e.